The highest BCUT2D eigenvalue weighted by atomic mass is 31.2. The number of rotatable bonds is 6. The predicted molar refractivity (Wildman–Crippen MR) is 76.1 cm³/mol. The first-order valence-corrected chi connectivity index (χ1v) is 8.75. The predicted octanol–water partition coefficient (Wildman–Crippen LogP) is 0.395. The first kappa shape index (κ1) is 17.0. The van der Waals surface area contributed by atoms with Crippen molar-refractivity contribution in [1.29, 1.82) is 0 Å². The molecule has 2 fully saturated rings. The van der Waals surface area contributed by atoms with Crippen molar-refractivity contribution < 1.29 is 37.5 Å². The number of nitrogens with zero attached hydrogens (tertiary/aromatic N) is 1. The van der Waals surface area contributed by atoms with E-state index in [-0.39, 0.29) is 19.1 Å². The number of carbonyl (C=O) groups excluding carboxylic acids is 1. The fourth-order valence-corrected chi connectivity index (χ4v) is 3.83. The zero-order chi connectivity index (χ0) is 16.7. The van der Waals surface area contributed by atoms with Crippen LogP contribution in [-0.2, 0) is 32.6 Å². The van der Waals surface area contributed by atoms with E-state index in [0.29, 0.717) is 12.8 Å². The number of methoxy groups -OCH3 is 1. The molecule has 3 heterocycles. The Bertz CT molecular complexity index is 554. The molecule has 3 unspecified atom stereocenters. The highest BCUT2D eigenvalue weighted by Crippen LogP contribution is 2.52. The van der Waals surface area contributed by atoms with Crippen LogP contribution in [-0.4, -0.2) is 67.2 Å². The summed E-state index contributed by atoms with van der Waals surface area (Å²) >= 11 is 0. The van der Waals surface area contributed by atoms with E-state index in [9.17, 15) is 14.3 Å². The molecule has 5 atom stereocenters. The summed E-state index contributed by atoms with van der Waals surface area (Å²) in [5.74, 6) is -0.0983. The fraction of sp³-hybridized carbons (Fsp3) is 0.769. The van der Waals surface area contributed by atoms with Gasteiger partial charge in [0.1, 0.15) is 17.8 Å². The summed E-state index contributed by atoms with van der Waals surface area (Å²) in [4.78, 5) is 23.2. The first-order chi connectivity index (χ1) is 10.9. The van der Waals surface area contributed by atoms with Crippen LogP contribution in [0, 0.1) is 0 Å². The van der Waals surface area contributed by atoms with Gasteiger partial charge in [0.15, 0.2) is 6.23 Å². The van der Waals surface area contributed by atoms with Crippen LogP contribution in [0.2, 0.25) is 0 Å². The summed E-state index contributed by atoms with van der Waals surface area (Å²) < 4.78 is 38.4. The summed E-state index contributed by atoms with van der Waals surface area (Å²) in [5.41, 5.74) is -1.06. The number of amides is 1. The Kier molecular flexibility index (Phi) is 4.63. The number of phosphoric acid groups is 1. The second-order valence-electron chi connectivity index (χ2n) is 5.68. The first-order valence-electron chi connectivity index (χ1n) is 7.25. The highest BCUT2D eigenvalue weighted by molar-refractivity contribution is 7.47. The number of hydrogen-bond donors (Lipinski definition) is 1. The maximum Gasteiger partial charge on any atom is 0.472 e. The van der Waals surface area contributed by atoms with Crippen LogP contribution in [0.3, 0.4) is 0 Å². The zero-order valence-corrected chi connectivity index (χ0v) is 13.8. The fourth-order valence-electron chi connectivity index (χ4n) is 3.14. The Balaban J connectivity index is 1.87. The third kappa shape index (κ3) is 2.98. The van der Waals surface area contributed by atoms with E-state index in [2.05, 4.69) is 4.52 Å². The van der Waals surface area contributed by atoms with Gasteiger partial charge in [-0.15, -0.1) is 0 Å². The van der Waals surface area contributed by atoms with Gasteiger partial charge in [0.05, 0.1) is 13.2 Å². The molecule has 2 saturated heterocycles. The largest absolute Gasteiger partial charge is 0.472 e. The maximum atomic E-state index is 12.1. The van der Waals surface area contributed by atoms with Crippen molar-refractivity contribution in [2.24, 2.45) is 0 Å². The van der Waals surface area contributed by atoms with Gasteiger partial charge in [0.25, 0.3) is 0 Å². The van der Waals surface area contributed by atoms with E-state index in [4.69, 9.17) is 18.7 Å². The molecule has 130 valence electrons. The average Bonchev–Trinajstić information content (AvgIpc) is 2.99. The van der Waals surface area contributed by atoms with Crippen molar-refractivity contribution in [2.45, 2.75) is 36.9 Å². The third-order valence-corrected chi connectivity index (χ3v) is 5.15. The molecule has 0 aliphatic carbocycles. The number of carbonyl (C=O) groups is 1. The maximum absolute atomic E-state index is 12.1. The van der Waals surface area contributed by atoms with Crippen LogP contribution in [0.5, 0.6) is 0 Å². The van der Waals surface area contributed by atoms with Gasteiger partial charge in [-0.1, -0.05) is 6.08 Å². The zero-order valence-electron chi connectivity index (χ0n) is 12.9. The molecule has 2 bridgehead atoms. The number of phosphoric ester groups is 1. The average molecular weight is 349 g/mol. The minimum absolute atomic E-state index is 0.0973. The van der Waals surface area contributed by atoms with E-state index in [1.54, 1.807) is 6.20 Å². The molecule has 9 nitrogen and oxygen atoms in total. The Hall–Kier alpha value is -0.800. The lowest BCUT2D eigenvalue weighted by molar-refractivity contribution is -0.203. The summed E-state index contributed by atoms with van der Waals surface area (Å²) in [5, 5.41) is 0. The van der Waals surface area contributed by atoms with E-state index >= 15 is 0 Å². The summed E-state index contributed by atoms with van der Waals surface area (Å²) in [6.45, 7) is 0.238. The standard InChI is InChI=1S/C13H20NO8P/c1-18-7-13-8-20-10(11(13)22-23(16,17)19-2)12(21-13)14-6-4-3-5-9(14)15/h4,6,10-12H,3,5,7-8H2,1-2H3,(H,16,17)/t10?,11-,12?,13+/m1/s1. The molecule has 3 aliphatic rings. The molecule has 1 amide bonds. The third-order valence-electron chi connectivity index (χ3n) is 4.19. The topological polar surface area (TPSA) is 104 Å². The van der Waals surface area contributed by atoms with E-state index in [1.165, 1.54) is 12.0 Å². The minimum Gasteiger partial charge on any atom is -0.381 e. The Labute approximate surface area is 133 Å². The molecule has 23 heavy (non-hydrogen) atoms. The van der Waals surface area contributed by atoms with Crippen LogP contribution in [0.25, 0.3) is 0 Å². The van der Waals surface area contributed by atoms with E-state index in [0.717, 1.165) is 7.11 Å². The normalized spacial score (nSPS) is 39.0. The van der Waals surface area contributed by atoms with E-state index in [1.807, 2.05) is 6.08 Å². The number of ether oxygens (including phenoxy) is 3. The monoisotopic (exact) mass is 349 g/mol. The quantitative estimate of drug-likeness (QED) is 0.687. The molecule has 0 aromatic rings. The van der Waals surface area contributed by atoms with Crippen LogP contribution in [0.15, 0.2) is 12.3 Å². The molecule has 3 rings (SSSR count). The molecule has 0 spiro atoms. The van der Waals surface area contributed by atoms with Gasteiger partial charge in [-0.2, -0.15) is 0 Å². The van der Waals surface area contributed by atoms with Crippen molar-refractivity contribution in [2.75, 3.05) is 27.4 Å². The van der Waals surface area contributed by atoms with Crippen molar-refractivity contribution in [3.63, 3.8) is 0 Å². The van der Waals surface area contributed by atoms with Crippen molar-refractivity contribution in [3.05, 3.63) is 12.3 Å². The molecule has 3 aliphatic heterocycles. The van der Waals surface area contributed by atoms with Crippen molar-refractivity contribution >= 4 is 13.7 Å². The van der Waals surface area contributed by atoms with Crippen molar-refractivity contribution in [1.82, 2.24) is 4.90 Å². The molecule has 1 N–H and O–H groups in total. The van der Waals surface area contributed by atoms with Gasteiger partial charge >= 0.3 is 7.82 Å². The molecule has 0 aromatic heterocycles. The van der Waals surface area contributed by atoms with Crippen LogP contribution in [0.4, 0.5) is 0 Å². The summed E-state index contributed by atoms with van der Waals surface area (Å²) in [7, 11) is -1.68. The van der Waals surface area contributed by atoms with Gasteiger partial charge in [-0.3, -0.25) is 18.7 Å². The highest BCUT2D eigenvalue weighted by Gasteiger charge is 2.65. The second-order valence-corrected chi connectivity index (χ2v) is 7.20. The molecule has 0 radical (unpaired) electrons. The Morgan fingerprint density at radius 3 is 2.96 bits per heavy atom. The SMILES string of the molecule is COC[C@@]12COC(C(N3C=CCCC3=O)O1)[C@H]2OP(=O)(O)OC. The van der Waals surface area contributed by atoms with Crippen LogP contribution >= 0.6 is 7.82 Å². The van der Waals surface area contributed by atoms with Gasteiger partial charge in [-0.25, -0.2) is 4.57 Å². The molecule has 10 heteroatoms. The van der Waals surface area contributed by atoms with Gasteiger partial charge in [0.2, 0.25) is 5.91 Å². The van der Waals surface area contributed by atoms with E-state index < -0.39 is 31.9 Å². The minimum atomic E-state index is -4.24. The lowest BCUT2D eigenvalue weighted by Gasteiger charge is -2.35. The second kappa shape index (κ2) is 6.25. The van der Waals surface area contributed by atoms with Gasteiger partial charge < -0.3 is 19.1 Å². The number of fused-ring (bicyclic) bond motifs is 2. The van der Waals surface area contributed by atoms with Gasteiger partial charge in [-0.05, 0) is 6.42 Å². The van der Waals surface area contributed by atoms with Crippen LogP contribution < -0.4 is 0 Å². The lowest BCUT2D eigenvalue weighted by atomic mass is 10.0. The lowest BCUT2D eigenvalue weighted by Crippen LogP contribution is -2.49. The van der Waals surface area contributed by atoms with Crippen molar-refractivity contribution in [3.8, 4) is 0 Å². The molecular weight excluding hydrogens is 329 g/mol. The summed E-state index contributed by atoms with van der Waals surface area (Å²) in [6.07, 6.45) is 2.24. The number of allylic oxidation sites excluding steroid dienone is 1. The molecule has 0 saturated carbocycles. The number of hydrogen-bond acceptors (Lipinski definition) is 7. The molecule has 0 aromatic carbocycles. The smallest absolute Gasteiger partial charge is 0.381 e. The Morgan fingerprint density at radius 1 is 1.52 bits per heavy atom. The van der Waals surface area contributed by atoms with Crippen LogP contribution in [0.1, 0.15) is 12.8 Å². The summed E-state index contributed by atoms with van der Waals surface area (Å²) in [6, 6.07) is 0. The molecular formula is C13H20NO8P. The Morgan fingerprint density at radius 2 is 2.30 bits per heavy atom. The van der Waals surface area contributed by atoms with Gasteiger partial charge in [0, 0.05) is 26.8 Å².